The Morgan fingerprint density at radius 1 is 1.21 bits per heavy atom. The van der Waals surface area contributed by atoms with Crippen LogP contribution in [0.15, 0.2) is 36.7 Å². The highest BCUT2D eigenvalue weighted by atomic mass is 19.4. The quantitative estimate of drug-likeness (QED) is 0.614. The third kappa shape index (κ3) is 4.06. The van der Waals surface area contributed by atoms with E-state index in [2.05, 4.69) is 20.4 Å². The highest BCUT2D eigenvalue weighted by Crippen LogP contribution is 2.39. The summed E-state index contributed by atoms with van der Waals surface area (Å²) in [5.41, 5.74) is 2.35. The standard InChI is InChI=1S/C23H24F3N7O/c1-14-21(34)33-8-4-7-18-19(33)20(31(14)2)30-22(29-18)27-10-16-11-28-32(13-16)12-15-5-3-6-17(9-15)23(24,25)26/h3,5-6,9,11,13-14H,4,7-8,10,12H2,1-2H3,(H,27,29,30)/t14-/m0/s1. The number of benzene rings is 1. The van der Waals surface area contributed by atoms with Gasteiger partial charge in [0.2, 0.25) is 11.9 Å². The fourth-order valence-corrected chi connectivity index (χ4v) is 4.37. The molecule has 1 N–H and O–H groups in total. The molecule has 0 radical (unpaired) electrons. The first-order chi connectivity index (χ1) is 16.2. The molecule has 11 heteroatoms. The van der Waals surface area contributed by atoms with E-state index in [1.165, 1.54) is 6.07 Å². The molecule has 1 amide bonds. The van der Waals surface area contributed by atoms with Crippen molar-refractivity contribution in [3.05, 3.63) is 59.0 Å². The Balaban J connectivity index is 1.30. The summed E-state index contributed by atoms with van der Waals surface area (Å²) in [7, 11) is 1.86. The van der Waals surface area contributed by atoms with Crippen molar-refractivity contribution < 1.29 is 18.0 Å². The fourth-order valence-electron chi connectivity index (χ4n) is 4.37. The average molecular weight is 471 g/mol. The lowest BCUT2D eigenvalue weighted by Gasteiger charge is -2.41. The van der Waals surface area contributed by atoms with E-state index in [1.807, 2.05) is 18.9 Å². The molecule has 0 aliphatic carbocycles. The largest absolute Gasteiger partial charge is 0.416 e. The van der Waals surface area contributed by atoms with Gasteiger partial charge in [-0.1, -0.05) is 12.1 Å². The minimum atomic E-state index is -4.38. The number of carbonyl (C=O) groups excluding carboxylic acids is 1. The number of nitrogens with zero attached hydrogens (tertiary/aromatic N) is 6. The number of anilines is 3. The van der Waals surface area contributed by atoms with E-state index in [1.54, 1.807) is 28.0 Å². The number of amides is 1. The third-order valence-electron chi connectivity index (χ3n) is 6.28. The average Bonchev–Trinajstić information content (AvgIpc) is 3.26. The van der Waals surface area contributed by atoms with Crippen LogP contribution in [-0.4, -0.2) is 45.3 Å². The molecular formula is C23H24F3N7O. The molecule has 2 aromatic heterocycles. The second kappa shape index (κ2) is 8.30. The Morgan fingerprint density at radius 2 is 2.03 bits per heavy atom. The summed E-state index contributed by atoms with van der Waals surface area (Å²) >= 11 is 0. The maximum absolute atomic E-state index is 13.0. The molecule has 34 heavy (non-hydrogen) atoms. The van der Waals surface area contributed by atoms with Crippen LogP contribution >= 0.6 is 0 Å². The molecule has 4 heterocycles. The number of hydrogen-bond acceptors (Lipinski definition) is 6. The number of nitrogens with one attached hydrogen (secondary N) is 1. The fraction of sp³-hybridized carbons (Fsp3) is 0.391. The molecule has 0 bridgehead atoms. The van der Waals surface area contributed by atoms with Gasteiger partial charge in [0.15, 0.2) is 5.82 Å². The van der Waals surface area contributed by atoms with E-state index >= 15 is 0 Å². The molecular weight excluding hydrogens is 447 g/mol. The molecule has 8 nitrogen and oxygen atoms in total. The number of aryl methyl sites for hydroxylation is 1. The zero-order chi connectivity index (χ0) is 24.0. The molecule has 2 aliphatic rings. The van der Waals surface area contributed by atoms with Crippen molar-refractivity contribution in [2.45, 2.75) is 45.1 Å². The molecule has 0 unspecified atom stereocenters. The van der Waals surface area contributed by atoms with E-state index in [4.69, 9.17) is 0 Å². The maximum atomic E-state index is 13.0. The summed E-state index contributed by atoms with van der Waals surface area (Å²) in [5.74, 6) is 1.27. The molecule has 3 aromatic rings. The van der Waals surface area contributed by atoms with Gasteiger partial charge in [-0.3, -0.25) is 9.48 Å². The van der Waals surface area contributed by atoms with Crippen LogP contribution in [0, 0.1) is 0 Å². The third-order valence-corrected chi connectivity index (χ3v) is 6.28. The van der Waals surface area contributed by atoms with Gasteiger partial charge < -0.3 is 15.1 Å². The van der Waals surface area contributed by atoms with Crippen molar-refractivity contribution in [3.63, 3.8) is 0 Å². The summed E-state index contributed by atoms with van der Waals surface area (Å²) in [6.45, 7) is 3.18. The number of rotatable bonds is 5. The zero-order valence-electron chi connectivity index (χ0n) is 18.8. The highest BCUT2D eigenvalue weighted by molar-refractivity contribution is 6.05. The van der Waals surface area contributed by atoms with Crippen molar-refractivity contribution >= 4 is 23.4 Å². The summed E-state index contributed by atoms with van der Waals surface area (Å²) in [6.07, 6.45) is 0.704. The van der Waals surface area contributed by atoms with Crippen LogP contribution in [0.3, 0.4) is 0 Å². The van der Waals surface area contributed by atoms with Crippen LogP contribution in [0.5, 0.6) is 0 Å². The Kier molecular flexibility index (Phi) is 5.41. The van der Waals surface area contributed by atoms with Crippen LogP contribution in [0.4, 0.5) is 30.6 Å². The Hall–Kier alpha value is -3.63. The molecule has 178 valence electrons. The number of hydrogen-bond donors (Lipinski definition) is 1. The maximum Gasteiger partial charge on any atom is 0.416 e. The van der Waals surface area contributed by atoms with Gasteiger partial charge in [0, 0.05) is 31.9 Å². The van der Waals surface area contributed by atoms with Crippen LogP contribution in [-0.2, 0) is 30.5 Å². The summed E-state index contributed by atoms with van der Waals surface area (Å²) in [6, 6.07) is 4.94. The van der Waals surface area contributed by atoms with Crippen LogP contribution in [0.2, 0.25) is 0 Å². The summed E-state index contributed by atoms with van der Waals surface area (Å²) in [4.78, 5) is 25.6. The van der Waals surface area contributed by atoms with Gasteiger partial charge in [-0.2, -0.15) is 23.3 Å². The van der Waals surface area contributed by atoms with Crippen molar-refractivity contribution in [1.82, 2.24) is 19.7 Å². The summed E-state index contributed by atoms with van der Waals surface area (Å²) < 4.78 is 40.5. The minimum absolute atomic E-state index is 0.0634. The van der Waals surface area contributed by atoms with Gasteiger partial charge in [-0.25, -0.2) is 4.98 Å². The lowest BCUT2D eigenvalue weighted by molar-refractivity contribution is -0.137. The molecule has 2 aliphatic heterocycles. The van der Waals surface area contributed by atoms with Crippen LogP contribution < -0.4 is 15.1 Å². The van der Waals surface area contributed by atoms with E-state index in [0.717, 1.165) is 47.7 Å². The lowest BCUT2D eigenvalue weighted by Crippen LogP contribution is -2.53. The molecule has 0 fully saturated rings. The van der Waals surface area contributed by atoms with Gasteiger partial charge in [-0.05, 0) is 37.5 Å². The molecule has 1 atom stereocenters. The van der Waals surface area contributed by atoms with Crippen molar-refractivity contribution in [3.8, 4) is 0 Å². The molecule has 1 aromatic carbocycles. The predicted octanol–water partition coefficient (Wildman–Crippen LogP) is 3.47. The van der Waals surface area contributed by atoms with E-state index < -0.39 is 11.7 Å². The van der Waals surface area contributed by atoms with Crippen molar-refractivity contribution in [2.24, 2.45) is 0 Å². The lowest BCUT2D eigenvalue weighted by atomic mass is 10.0. The van der Waals surface area contributed by atoms with Gasteiger partial charge in [0.1, 0.15) is 11.7 Å². The van der Waals surface area contributed by atoms with Crippen LogP contribution in [0.25, 0.3) is 0 Å². The molecule has 0 saturated carbocycles. The van der Waals surface area contributed by atoms with E-state index in [-0.39, 0.29) is 18.5 Å². The first kappa shape index (κ1) is 22.2. The SMILES string of the molecule is C[C@H]1C(=O)N2CCCc3nc(NCc4cnn(Cc5cccc(C(F)(F)F)c5)c4)nc(c32)N1C. The molecule has 0 spiro atoms. The van der Waals surface area contributed by atoms with Crippen molar-refractivity contribution in [2.75, 3.05) is 28.7 Å². The normalized spacial score (nSPS) is 17.7. The minimum Gasteiger partial charge on any atom is -0.350 e. The van der Waals surface area contributed by atoms with Gasteiger partial charge in [0.25, 0.3) is 0 Å². The predicted molar refractivity (Wildman–Crippen MR) is 121 cm³/mol. The molecule has 0 saturated heterocycles. The topological polar surface area (TPSA) is 79.2 Å². The van der Waals surface area contributed by atoms with Crippen molar-refractivity contribution in [1.29, 1.82) is 0 Å². The van der Waals surface area contributed by atoms with E-state index in [0.29, 0.717) is 24.6 Å². The second-order valence-electron chi connectivity index (χ2n) is 8.64. The van der Waals surface area contributed by atoms with Gasteiger partial charge in [-0.15, -0.1) is 0 Å². The molecule has 5 rings (SSSR count). The monoisotopic (exact) mass is 471 g/mol. The Labute approximate surface area is 194 Å². The first-order valence-electron chi connectivity index (χ1n) is 11.1. The number of halogens is 3. The van der Waals surface area contributed by atoms with E-state index in [9.17, 15) is 18.0 Å². The first-order valence-corrected chi connectivity index (χ1v) is 11.1. The smallest absolute Gasteiger partial charge is 0.350 e. The Morgan fingerprint density at radius 3 is 2.82 bits per heavy atom. The van der Waals surface area contributed by atoms with Gasteiger partial charge >= 0.3 is 6.18 Å². The Bertz CT molecular complexity index is 1240. The number of aromatic nitrogens is 4. The van der Waals surface area contributed by atoms with Crippen LogP contribution in [0.1, 0.15) is 35.7 Å². The highest BCUT2D eigenvalue weighted by Gasteiger charge is 2.38. The number of likely N-dealkylation sites (N-methyl/N-ethyl adjacent to an activating group) is 1. The van der Waals surface area contributed by atoms with Gasteiger partial charge in [0.05, 0.1) is 24.0 Å². The summed E-state index contributed by atoms with van der Waals surface area (Å²) in [5, 5.41) is 7.49. The number of carbonyl (C=O) groups is 1. The number of alkyl halides is 3. The zero-order valence-corrected chi connectivity index (χ0v) is 18.8. The second-order valence-corrected chi connectivity index (χ2v) is 8.64.